The van der Waals surface area contributed by atoms with Crippen LogP contribution in [0.4, 0.5) is 0 Å². The summed E-state index contributed by atoms with van der Waals surface area (Å²) in [6.07, 6.45) is 8.44. The highest BCUT2D eigenvalue weighted by Gasteiger charge is 2.35. The van der Waals surface area contributed by atoms with E-state index in [9.17, 15) is 0 Å². The number of hydrogen-bond acceptors (Lipinski definition) is 4. The number of hydrogen-bond donors (Lipinski definition) is 0. The van der Waals surface area contributed by atoms with E-state index in [1.807, 2.05) is 48.5 Å². The number of nitrogens with zero attached hydrogens (tertiary/aromatic N) is 3. The van der Waals surface area contributed by atoms with Gasteiger partial charge < -0.3 is 4.74 Å². The fourth-order valence-corrected chi connectivity index (χ4v) is 6.73. The smallest absolute Gasteiger partial charge is 0.164 e. The third kappa shape index (κ3) is 4.34. The molecule has 0 N–H and O–H groups in total. The number of ether oxygens (including phenoxy) is 1. The first-order chi connectivity index (χ1) is 22.3. The van der Waals surface area contributed by atoms with Crippen molar-refractivity contribution < 1.29 is 4.74 Å². The van der Waals surface area contributed by atoms with Gasteiger partial charge in [0.1, 0.15) is 11.9 Å². The Bertz CT molecular complexity index is 2310. The van der Waals surface area contributed by atoms with Crippen molar-refractivity contribution in [1.82, 2.24) is 15.0 Å². The fraction of sp³-hybridized carbons (Fsp3) is 0.0488. The second-order valence-corrected chi connectivity index (χ2v) is 11.5. The molecule has 0 saturated heterocycles. The molecule has 45 heavy (non-hydrogen) atoms. The maximum absolute atomic E-state index is 6.31. The van der Waals surface area contributed by atoms with Crippen LogP contribution in [0.25, 0.3) is 66.8 Å². The lowest BCUT2D eigenvalue weighted by molar-refractivity contribution is 0.269. The molecule has 4 nitrogen and oxygen atoms in total. The summed E-state index contributed by atoms with van der Waals surface area (Å²) >= 11 is 0. The second-order valence-electron chi connectivity index (χ2n) is 11.5. The highest BCUT2D eigenvalue weighted by Crippen LogP contribution is 2.46. The van der Waals surface area contributed by atoms with Crippen LogP contribution in [0.5, 0.6) is 5.75 Å². The van der Waals surface area contributed by atoms with E-state index in [-0.39, 0.29) is 12.0 Å². The zero-order valence-electron chi connectivity index (χ0n) is 24.3. The van der Waals surface area contributed by atoms with Gasteiger partial charge in [0.2, 0.25) is 0 Å². The minimum Gasteiger partial charge on any atom is -0.485 e. The van der Waals surface area contributed by atoms with Gasteiger partial charge >= 0.3 is 0 Å². The van der Waals surface area contributed by atoms with Crippen molar-refractivity contribution >= 4 is 21.5 Å². The quantitative estimate of drug-likeness (QED) is 0.195. The van der Waals surface area contributed by atoms with Crippen LogP contribution in [-0.4, -0.2) is 21.1 Å². The van der Waals surface area contributed by atoms with E-state index < -0.39 is 0 Å². The molecule has 0 spiro atoms. The lowest BCUT2D eigenvalue weighted by atomic mass is 9.88. The van der Waals surface area contributed by atoms with E-state index in [4.69, 9.17) is 19.7 Å². The molecule has 1 aliphatic heterocycles. The van der Waals surface area contributed by atoms with Crippen LogP contribution in [0.2, 0.25) is 0 Å². The van der Waals surface area contributed by atoms with Crippen molar-refractivity contribution in [3.8, 4) is 51.0 Å². The van der Waals surface area contributed by atoms with Crippen molar-refractivity contribution in [2.75, 3.05) is 0 Å². The maximum atomic E-state index is 6.31. The topological polar surface area (TPSA) is 47.9 Å². The molecule has 2 heterocycles. The lowest BCUT2D eigenvalue weighted by Crippen LogP contribution is -2.16. The average molecular weight is 578 g/mol. The van der Waals surface area contributed by atoms with Gasteiger partial charge in [-0.05, 0) is 50.9 Å². The standard InChI is InChI=1S/C41H27N3O/c1-2-11-27(12-3-1)39-42-40(44-41(43-39)34-18-10-20-37-38(34)33-17-8-9-19-36(33)45-37)28-23-21-26(22-24-28)35-25-29-13-4-5-14-30(29)31-15-6-7-16-32(31)35/h1-25,33,36H. The summed E-state index contributed by atoms with van der Waals surface area (Å²) in [5.74, 6) is 2.94. The van der Waals surface area contributed by atoms with Crippen LogP contribution in [0, 0.1) is 0 Å². The molecule has 1 aromatic heterocycles. The molecule has 0 bridgehead atoms. The van der Waals surface area contributed by atoms with Crippen molar-refractivity contribution in [2.45, 2.75) is 12.0 Å². The Morgan fingerprint density at radius 2 is 1.11 bits per heavy atom. The van der Waals surface area contributed by atoms with Gasteiger partial charge in [0.15, 0.2) is 17.5 Å². The Balaban J connectivity index is 1.18. The summed E-state index contributed by atoms with van der Waals surface area (Å²) in [5.41, 5.74) is 6.34. The summed E-state index contributed by atoms with van der Waals surface area (Å²) in [6.45, 7) is 0. The largest absolute Gasteiger partial charge is 0.485 e. The lowest BCUT2D eigenvalue weighted by Gasteiger charge is -2.16. The van der Waals surface area contributed by atoms with Gasteiger partial charge in [-0.3, -0.25) is 0 Å². The van der Waals surface area contributed by atoms with Crippen LogP contribution < -0.4 is 4.74 Å². The Kier molecular flexibility index (Phi) is 5.91. The number of aromatic nitrogens is 3. The zero-order valence-corrected chi connectivity index (χ0v) is 24.3. The van der Waals surface area contributed by atoms with Crippen molar-refractivity contribution in [3.63, 3.8) is 0 Å². The van der Waals surface area contributed by atoms with Gasteiger partial charge in [0.25, 0.3) is 0 Å². The summed E-state index contributed by atoms with van der Waals surface area (Å²) in [5, 5.41) is 5.00. The van der Waals surface area contributed by atoms with Gasteiger partial charge in [-0.1, -0.05) is 133 Å². The molecule has 0 fully saturated rings. The molecule has 4 heteroatoms. The fourth-order valence-electron chi connectivity index (χ4n) is 6.73. The highest BCUT2D eigenvalue weighted by molar-refractivity contribution is 6.13. The zero-order chi connectivity index (χ0) is 29.7. The molecule has 0 radical (unpaired) electrons. The summed E-state index contributed by atoms with van der Waals surface area (Å²) in [4.78, 5) is 15.1. The number of benzene rings is 6. The average Bonchev–Trinajstić information content (AvgIpc) is 3.51. The van der Waals surface area contributed by atoms with E-state index in [0.29, 0.717) is 17.5 Å². The summed E-state index contributed by atoms with van der Waals surface area (Å²) < 4.78 is 6.31. The number of rotatable bonds is 4. The Labute approximate surface area is 261 Å². The minimum absolute atomic E-state index is 0.0141. The predicted molar refractivity (Wildman–Crippen MR) is 182 cm³/mol. The predicted octanol–water partition coefficient (Wildman–Crippen LogP) is 9.82. The van der Waals surface area contributed by atoms with Gasteiger partial charge in [0, 0.05) is 28.2 Å². The summed E-state index contributed by atoms with van der Waals surface area (Å²) in [7, 11) is 0. The van der Waals surface area contributed by atoms with Crippen molar-refractivity contribution in [2.24, 2.45) is 0 Å². The first-order valence-corrected chi connectivity index (χ1v) is 15.3. The third-order valence-electron chi connectivity index (χ3n) is 8.88. The van der Waals surface area contributed by atoms with Crippen LogP contribution in [0.1, 0.15) is 11.5 Å². The number of fused-ring (bicyclic) bond motifs is 6. The normalized spacial score (nSPS) is 16.4. The van der Waals surface area contributed by atoms with E-state index >= 15 is 0 Å². The molecule has 2 unspecified atom stereocenters. The van der Waals surface area contributed by atoms with Crippen LogP contribution >= 0.6 is 0 Å². The SMILES string of the molecule is C1=CC2Oc3cccc(-c4nc(-c5ccccc5)nc(-c5ccc(-c6cc7ccccc7c7ccccc67)cc5)n4)c3C2C=C1. The highest BCUT2D eigenvalue weighted by atomic mass is 16.5. The molecular formula is C41H27N3O. The van der Waals surface area contributed by atoms with Crippen molar-refractivity contribution in [1.29, 1.82) is 0 Å². The van der Waals surface area contributed by atoms with E-state index in [0.717, 1.165) is 33.6 Å². The van der Waals surface area contributed by atoms with E-state index in [2.05, 4.69) is 103 Å². The van der Waals surface area contributed by atoms with Crippen LogP contribution in [-0.2, 0) is 0 Å². The molecule has 0 amide bonds. The van der Waals surface area contributed by atoms with E-state index in [1.165, 1.54) is 27.1 Å². The van der Waals surface area contributed by atoms with Crippen LogP contribution in [0.3, 0.4) is 0 Å². The monoisotopic (exact) mass is 577 g/mol. The van der Waals surface area contributed by atoms with E-state index in [1.54, 1.807) is 0 Å². The first kappa shape index (κ1) is 25.6. The van der Waals surface area contributed by atoms with Gasteiger partial charge in [-0.2, -0.15) is 0 Å². The number of allylic oxidation sites excluding steroid dienone is 2. The third-order valence-corrected chi connectivity index (χ3v) is 8.88. The Morgan fingerprint density at radius 3 is 1.93 bits per heavy atom. The first-order valence-electron chi connectivity index (χ1n) is 15.3. The maximum Gasteiger partial charge on any atom is 0.164 e. The Morgan fingerprint density at radius 1 is 0.467 bits per heavy atom. The Hall–Kier alpha value is -5.87. The van der Waals surface area contributed by atoms with Gasteiger partial charge in [0.05, 0.1) is 0 Å². The molecule has 6 aromatic carbocycles. The second kappa shape index (κ2) is 10.4. The van der Waals surface area contributed by atoms with Crippen molar-refractivity contribution in [3.05, 3.63) is 157 Å². The molecule has 9 rings (SSSR count). The summed E-state index contributed by atoms with van der Waals surface area (Å²) in [6, 6.07) is 44.4. The van der Waals surface area contributed by atoms with Gasteiger partial charge in [-0.25, -0.2) is 15.0 Å². The molecular weight excluding hydrogens is 550 g/mol. The molecule has 2 aliphatic rings. The molecule has 0 saturated carbocycles. The molecule has 2 atom stereocenters. The van der Waals surface area contributed by atoms with Crippen LogP contribution in [0.15, 0.2) is 152 Å². The van der Waals surface area contributed by atoms with Gasteiger partial charge in [-0.15, -0.1) is 0 Å². The molecule has 1 aliphatic carbocycles. The molecule has 212 valence electrons. The minimum atomic E-state index is -0.0141. The molecule has 7 aromatic rings.